The molecule has 0 unspecified atom stereocenters. The van der Waals surface area contributed by atoms with Gasteiger partial charge in [0.05, 0.1) is 0 Å². The molecule has 0 aromatic heterocycles. The van der Waals surface area contributed by atoms with Crippen LogP contribution in [0.4, 0.5) is 83.4 Å². The Morgan fingerprint density at radius 2 is 0.794 bits per heavy atom. The molecule has 0 spiro atoms. The van der Waals surface area contributed by atoms with Crippen LogP contribution in [-0.2, 0) is 4.79 Å². The quantitative estimate of drug-likeness (QED) is 0.264. The van der Waals surface area contributed by atoms with Crippen molar-refractivity contribution in [3.63, 3.8) is 0 Å². The molecule has 0 heterocycles. The molecule has 0 fully saturated rings. The van der Waals surface area contributed by atoms with Crippen LogP contribution in [0.25, 0.3) is 0 Å². The number of hydrogen-bond acceptors (Lipinski definition) is 1. The third-order valence-electron chi connectivity index (χ3n) is 3.81. The van der Waals surface area contributed by atoms with Gasteiger partial charge in [-0.3, -0.25) is 4.79 Å². The van der Waals surface area contributed by atoms with E-state index >= 15 is 0 Å². The normalized spacial score (nSPS) is 15.9. The smallest absolute Gasteiger partial charge is 0.347 e. The highest BCUT2D eigenvalue weighted by molar-refractivity contribution is 5.85. The minimum atomic E-state index is -9.02. The Morgan fingerprint density at radius 3 is 1.06 bits per heavy atom. The summed E-state index contributed by atoms with van der Waals surface area (Å²) in [6, 6.07) is 0. The summed E-state index contributed by atoms with van der Waals surface area (Å²) in [5.41, 5.74) is 0. The first kappa shape index (κ1) is 31.9. The number of amides is 1. The molecule has 1 N–H and O–H groups in total. The van der Waals surface area contributed by atoms with Gasteiger partial charge >= 0.3 is 53.6 Å². The van der Waals surface area contributed by atoms with E-state index in [2.05, 4.69) is 6.58 Å². The summed E-state index contributed by atoms with van der Waals surface area (Å²) in [6.45, 7) is 1.37. The predicted molar refractivity (Wildman–Crippen MR) is 68.8 cm³/mol. The molecule has 0 bridgehead atoms. The average molecular weight is 553 g/mol. The molecule has 0 radical (unpaired) electrons. The lowest BCUT2D eigenvalue weighted by Crippen LogP contribution is -2.76. The third kappa shape index (κ3) is 3.91. The Labute approximate surface area is 173 Å². The lowest BCUT2D eigenvalue weighted by molar-refractivity contribution is -0.467. The van der Waals surface area contributed by atoms with Gasteiger partial charge in [0.1, 0.15) is 0 Å². The fourth-order valence-corrected chi connectivity index (χ4v) is 1.78. The molecule has 202 valence electrons. The molecular weight excluding hydrogens is 547 g/mol. The molecule has 0 aliphatic rings. The molecule has 0 rings (SSSR count). The molecule has 0 saturated heterocycles. The van der Waals surface area contributed by atoms with Crippen LogP contribution < -0.4 is 5.32 Å². The molecule has 34 heavy (non-hydrogen) atoms. The number of carbonyl (C=O) groups is 1. The van der Waals surface area contributed by atoms with Crippen molar-refractivity contribution in [2.24, 2.45) is 0 Å². The summed E-state index contributed by atoms with van der Waals surface area (Å²) in [4.78, 5) is 10.8. The molecule has 0 aliphatic heterocycles. The molecule has 2 nitrogen and oxygen atoms in total. The van der Waals surface area contributed by atoms with Crippen molar-refractivity contribution in [2.45, 2.75) is 53.6 Å². The Kier molecular flexibility index (Phi) is 7.72. The van der Waals surface area contributed by atoms with Crippen molar-refractivity contribution >= 4 is 5.91 Å². The molecule has 1 amide bonds. The van der Waals surface area contributed by atoms with E-state index < -0.39 is 66.0 Å². The standard InChI is InChI=1S/C13H6F19NO/c1-2-3-33-4(34)5(14,15)6(16,17)7(18,19)8(20,21)9(22,23)10(24,25)11(26,27)12(28,29)13(30,31)32/h2H,1,3H2,(H,33,34). The van der Waals surface area contributed by atoms with E-state index in [0.717, 1.165) is 0 Å². The molecule has 0 atom stereocenters. The Balaban J connectivity index is 6.88. The summed E-state index contributed by atoms with van der Waals surface area (Å²) in [7, 11) is 0. The van der Waals surface area contributed by atoms with Gasteiger partial charge in [0, 0.05) is 6.54 Å². The van der Waals surface area contributed by atoms with Crippen molar-refractivity contribution in [2.75, 3.05) is 6.54 Å². The van der Waals surface area contributed by atoms with Crippen LogP contribution in [0.1, 0.15) is 0 Å². The molecular formula is C13H6F19NO. The van der Waals surface area contributed by atoms with E-state index in [4.69, 9.17) is 0 Å². The third-order valence-corrected chi connectivity index (χ3v) is 3.81. The van der Waals surface area contributed by atoms with Crippen molar-refractivity contribution in [3.05, 3.63) is 12.7 Å². The van der Waals surface area contributed by atoms with Gasteiger partial charge in [-0.25, -0.2) is 0 Å². The van der Waals surface area contributed by atoms with E-state index in [-0.39, 0.29) is 0 Å². The van der Waals surface area contributed by atoms with Crippen molar-refractivity contribution in [3.8, 4) is 0 Å². The summed E-state index contributed by atoms with van der Waals surface area (Å²) in [5.74, 6) is -71.7. The summed E-state index contributed by atoms with van der Waals surface area (Å²) >= 11 is 0. The number of hydrogen-bond donors (Lipinski definition) is 1. The zero-order chi connectivity index (χ0) is 28.2. The molecule has 0 saturated carbocycles. The van der Waals surface area contributed by atoms with Crippen LogP contribution in [-0.4, -0.2) is 66.0 Å². The van der Waals surface area contributed by atoms with E-state index in [1.807, 2.05) is 0 Å². The second kappa shape index (κ2) is 8.23. The maximum absolute atomic E-state index is 13.5. The molecule has 21 heteroatoms. The Bertz CT molecular complexity index is 780. The van der Waals surface area contributed by atoms with Gasteiger partial charge < -0.3 is 5.32 Å². The van der Waals surface area contributed by atoms with E-state index in [1.165, 1.54) is 0 Å². The van der Waals surface area contributed by atoms with E-state index in [9.17, 15) is 88.2 Å². The second-order valence-electron chi connectivity index (χ2n) is 6.09. The van der Waals surface area contributed by atoms with Crippen LogP contribution in [0.2, 0.25) is 0 Å². The Hall–Kier alpha value is -2.12. The largest absolute Gasteiger partial charge is 0.460 e. The maximum Gasteiger partial charge on any atom is 0.460 e. The van der Waals surface area contributed by atoms with Gasteiger partial charge in [0.15, 0.2) is 0 Å². The van der Waals surface area contributed by atoms with Crippen LogP contribution in [0.3, 0.4) is 0 Å². The lowest BCUT2D eigenvalue weighted by atomic mass is 9.87. The van der Waals surface area contributed by atoms with Gasteiger partial charge in [-0.1, -0.05) is 6.08 Å². The highest BCUT2D eigenvalue weighted by Gasteiger charge is 2.97. The van der Waals surface area contributed by atoms with Crippen LogP contribution in [0, 0.1) is 0 Å². The summed E-state index contributed by atoms with van der Waals surface area (Å²) in [6.07, 6.45) is -7.56. The first-order valence-electron chi connectivity index (χ1n) is 7.46. The minimum absolute atomic E-state index is 0.372. The van der Waals surface area contributed by atoms with Crippen LogP contribution in [0.5, 0.6) is 0 Å². The van der Waals surface area contributed by atoms with Gasteiger partial charge in [-0.2, -0.15) is 83.4 Å². The van der Waals surface area contributed by atoms with Crippen LogP contribution in [0.15, 0.2) is 12.7 Å². The minimum Gasteiger partial charge on any atom is -0.347 e. The van der Waals surface area contributed by atoms with E-state index in [1.54, 1.807) is 0 Å². The zero-order valence-corrected chi connectivity index (χ0v) is 15.1. The maximum atomic E-state index is 13.5. The topological polar surface area (TPSA) is 29.1 Å². The average Bonchev–Trinajstić information content (AvgIpc) is 2.63. The second-order valence-corrected chi connectivity index (χ2v) is 6.09. The van der Waals surface area contributed by atoms with Gasteiger partial charge in [-0.15, -0.1) is 6.58 Å². The van der Waals surface area contributed by atoms with Crippen LogP contribution >= 0.6 is 0 Å². The number of rotatable bonds is 10. The molecule has 0 aromatic carbocycles. The summed E-state index contributed by atoms with van der Waals surface area (Å²) in [5, 5.41) is 0.587. The molecule has 0 aromatic rings. The predicted octanol–water partition coefficient (Wildman–Crippen LogP) is 5.93. The number of nitrogens with one attached hydrogen (secondary N) is 1. The highest BCUT2D eigenvalue weighted by Crippen LogP contribution is 2.65. The van der Waals surface area contributed by atoms with Gasteiger partial charge in [0.2, 0.25) is 0 Å². The lowest BCUT2D eigenvalue weighted by Gasteiger charge is -2.43. The van der Waals surface area contributed by atoms with Crippen molar-refractivity contribution in [1.82, 2.24) is 5.32 Å². The Morgan fingerprint density at radius 1 is 0.529 bits per heavy atom. The SMILES string of the molecule is C=CCNC(=O)C(F)(F)C(F)(F)C(F)(F)C(F)(F)C(F)(F)C(F)(F)C(F)(F)C(F)(F)C(F)(F)F. The van der Waals surface area contributed by atoms with Gasteiger partial charge in [0.25, 0.3) is 5.91 Å². The first-order valence-corrected chi connectivity index (χ1v) is 7.46. The van der Waals surface area contributed by atoms with Gasteiger partial charge in [-0.05, 0) is 0 Å². The zero-order valence-electron chi connectivity index (χ0n) is 15.1. The first-order chi connectivity index (χ1) is 14.5. The number of carbonyl (C=O) groups excluding carboxylic acids is 1. The highest BCUT2D eigenvalue weighted by atomic mass is 19.4. The number of alkyl halides is 19. The van der Waals surface area contributed by atoms with E-state index in [0.29, 0.717) is 11.4 Å². The summed E-state index contributed by atoms with van der Waals surface area (Å²) < 4.78 is 247. The monoisotopic (exact) mass is 553 g/mol. The van der Waals surface area contributed by atoms with Crippen molar-refractivity contribution in [1.29, 1.82) is 0 Å². The number of halogens is 19. The molecule has 0 aliphatic carbocycles. The van der Waals surface area contributed by atoms with Crippen molar-refractivity contribution < 1.29 is 88.2 Å². The fraction of sp³-hybridized carbons (Fsp3) is 0.769. The fourth-order valence-electron chi connectivity index (χ4n) is 1.78.